The van der Waals surface area contributed by atoms with E-state index in [1.54, 1.807) is 25.2 Å². The molecule has 4 rings (SSSR count). The van der Waals surface area contributed by atoms with Gasteiger partial charge in [-0.15, -0.1) is 0 Å². The van der Waals surface area contributed by atoms with Crippen molar-refractivity contribution in [2.45, 2.75) is 25.7 Å². The normalized spacial score (nSPS) is 23.1. The van der Waals surface area contributed by atoms with Crippen LogP contribution in [-0.4, -0.2) is 88.2 Å². The van der Waals surface area contributed by atoms with Gasteiger partial charge in [0, 0.05) is 30.5 Å². The Morgan fingerprint density at radius 3 is 2.77 bits per heavy atom. The number of fused-ring (bicyclic) bond motifs is 3. The first-order valence-corrected chi connectivity index (χ1v) is 10.1. The number of halogens is 1. The first-order chi connectivity index (χ1) is 14.4. The zero-order valence-corrected chi connectivity index (χ0v) is 17.6. The van der Waals surface area contributed by atoms with Gasteiger partial charge in [0.05, 0.1) is 26.4 Å². The second kappa shape index (κ2) is 8.25. The Hall–Kier alpha value is -2.62. The highest BCUT2D eigenvalue weighted by atomic mass is 35.5. The van der Waals surface area contributed by atoms with Crippen molar-refractivity contribution < 1.29 is 19.4 Å². The Bertz CT molecular complexity index is 920. The number of allylic oxidation sites excluding steroid dienone is 1. The molecule has 1 N–H and O–H groups in total. The summed E-state index contributed by atoms with van der Waals surface area (Å²) in [6, 6.07) is 6.14. The van der Waals surface area contributed by atoms with Crippen molar-refractivity contribution in [2.75, 3.05) is 33.4 Å². The van der Waals surface area contributed by atoms with E-state index in [0.29, 0.717) is 24.1 Å². The Morgan fingerprint density at radius 2 is 2.03 bits per heavy atom. The number of amides is 3. The minimum Gasteiger partial charge on any atom is -0.394 e. The van der Waals surface area contributed by atoms with Gasteiger partial charge in [-0.1, -0.05) is 23.7 Å². The largest absolute Gasteiger partial charge is 0.394 e. The standard InChI is InChI=1S/C20H24ClN5O4/c1-13-11-25-16-17(22-19(25)24(13)6-8-30-9-7-27)23(2)20(29)26(18(16)28)12-14-4-3-5-15(21)10-14/h3-5,10-11,16-17,27H,6-9,12H2,1-2H3. The molecule has 0 aromatic heterocycles. The van der Waals surface area contributed by atoms with Gasteiger partial charge in [-0.05, 0) is 24.6 Å². The van der Waals surface area contributed by atoms with E-state index in [0.717, 1.165) is 11.3 Å². The molecule has 0 saturated carbocycles. The minimum absolute atomic E-state index is 0.0318. The number of aliphatic hydroxyl groups is 1. The topological polar surface area (TPSA) is 88.9 Å². The number of hydrogen-bond donors (Lipinski definition) is 1. The zero-order valence-electron chi connectivity index (χ0n) is 16.9. The second-order valence-electron chi connectivity index (χ2n) is 7.40. The number of urea groups is 1. The summed E-state index contributed by atoms with van der Waals surface area (Å²) < 4.78 is 5.37. The van der Waals surface area contributed by atoms with Crippen molar-refractivity contribution in [1.29, 1.82) is 0 Å². The molecular formula is C20H24ClN5O4. The first kappa shape index (κ1) is 20.6. The number of rotatable bonds is 7. The lowest BCUT2D eigenvalue weighted by molar-refractivity contribution is -0.137. The molecule has 9 nitrogen and oxygen atoms in total. The molecule has 0 spiro atoms. The molecule has 2 unspecified atom stereocenters. The van der Waals surface area contributed by atoms with Gasteiger partial charge in [0.2, 0.25) is 5.96 Å². The molecule has 3 aliphatic heterocycles. The Balaban J connectivity index is 1.54. The summed E-state index contributed by atoms with van der Waals surface area (Å²) in [5.41, 5.74) is 1.72. The van der Waals surface area contributed by atoms with Crippen LogP contribution < -0.4 is 0 Å². The van der Waals surface area contributed by atoms with Crippen LogP contribution in [0.5, 0.6) is 0 Å². The van der Waals surface area contributed by atoms with E-state index in [9.17, 15) is 9.59 Å². The maximum absolute atomic E-state index is 13.3. The molecule has 10 heteroatoms. The summed E-state index contributed by atoms with van der Waals surface area (Å²) in [5, 5.41) is 9.42. The second-order valence-corrected chi connectivity index (χ2v) is 7.84. The molecule has 1 fully saturated rings. The van der Waals surface area contributed by atoms with Crippen LogP contribution >= 0.6 is 11.6 Å². The van der Waals surface area contributed by atoms with Gasteiger partial charge in [-0.3, -0.25) is 9.69 Å². The lowest BCUT2D eigenvalue weighted by atomic mass is 10.1. The lowest BCUT2D eigenvalue weighted by Gasteiger charge is -2.40. The maximum Gasteiger partial charge on any atom is 0.328 e. The van der Waals surface area contributed by atoms with Crippen LogP contribution in [0.25, 0.3) is 0 Å². The van der Waals surface area contributed by atoms with Gasteiger partial charge in [-0.25, -0.2) is 9.79 Å². The highest BCUT2D eigenvalue weighted by molar-refractivity contribution is 6.30. The fourth-order valence-corrected chi connectivity index (χ4v) is 4.18. The van der Waals surface area contributed by atoms with E-state index in [4.69, 9.17) is 21.4 Å². The van der Waals surface area contributed by atoms with Gasteiger partial charge >= 0.3 is 6.03 Å². The van der Waals surface area contributed by atoms with Gasteiger partial charge in [0.15, 0.2) is 12.2 Å². The molecule has 1 aromatic carbocycles. The highest BCUT2D eigenvalue weighted by Crippen LogP contribution is 2.34. The Kier molecular flexibility index (Phi) is 5.68. The number of nitrogens with zero attached hydrogens (tertiary/aromatic N) is 5. The summed E-state index contributed by atoms with van der Waals surface area (Å²) >= 11 is 6.06. The third-order valence-electron chi connectivity index (χ3n) is 5.43. The highest BCUT2D eigenvalue weighted by Gasteiger charge is 2.54. The number of carbonyl (C=O) groups is 2. The summed E-state index contributed by atoms with van der Waals surface area (Å²) in [5.74, 6) is 0.344. The summed E-state index contributed by atoms with van der Waals surface area (Å²) in [6.07, 6.45) is 1.30. The molecule has 0 radical (unpaired) electrons. The van der Waals surface area contributed by atoms with E-state index >= 15 is 0 Å². The van der Waals surface area contributed by atoms with E-state index in [1.165, 1.54) is 9.80 Å². The molecule has 3 amide bonds. The van der Waals surface area contributed by atoms with Crippen LogP contribution in [0, 0.1) is 0 Å². The van der Waals surface area contributed by atoms with Gasteiger partial charge < -0.3 is 24.5 Å². The lowest BCUT2D eigenvalue weighted by Crippen LogP contribution is -2.63. The number of carbonyl (C=O) groups excluding carboxylic acids is 2. The number of likely N-dealkylation sites (N-methyl/N-ethyl adjacent to an activating group) is 1. The van der Waals surface area contributed by atoms with Gasteiger partial charge in [-0.2, -0.15) is 0 Å². The molecule has 1 saturated heterocycles. The number of aliphatic hydroxyl groups excluding tert-OH is 1. The average molecular weight is 434 g/mol. The van der Waals surface area contributed by atoms with E-state index in [-0.39, 0.29) is 31.7 Å². The van der Waals surface area contributed by atoms with Crippen LogP contribution in [0.15, 0.2) is 41.2 Å². The quantitative estimate of drug-likeness (QED) is 0.652. The van der Waals surface area contributed by atoms with Crippen molar-refractivity contribution in [3.63, 3.8) is 0 Å². The number of guanidine groups is 1. The summed E-state index contributed by atoms with van der Waals surface area (Å²) in [7, 11) is 1.66. The molecule has 0 aliphatic carbocycles. The number of imide groups is 1. The average Bonchev–Trinajstić information content (AvgIpc) is 3.22. The maximum atomic E-state index is 13.3. The number of aliphatic imine (C=N–C) groups is 1. The van der Waals surface area contributed by atoms with Crippen molar-refractivity contribution in [1.82, 2.24) is 19.6 Å². The summed E-state index contributed by atoms with van der Waals surface area (Å²) in [4.78, 5) is 37.5. The Labute approximate surface area is 179 Å². The molecular weight excluding hydrogens is 410 g/mol. The molecule has 3 heterocycles. The van der Waals surface area contributed by atoms with E-state index in [1.807, 2.05) is 29.0 Å². The molecule has 2 atom stereocenters. The molecule has 1 aromatic rings. The predicted octanol–water partition coefficient (Wildman–Crippen LogP) is 1.29. The smallest absolute Gasteiger partial charge is 0.328 e. The Morgan fingerprint density at radius 1 is 1.23 bits per heavy atom. The number of ether oxygens (including phenoxy) is 1. The third kappa shape index (κ3) is 3.53. The van der Waals surface area contributed by atoms with Crippen molar-refractivity contribution in [3.05, 3.63) is 46.7 Å². The van der Waals surface area contributed by atoms with E-state index in [2.05, 4.69) is 4.99 Å². The minimum atomic E-state index is -0.611. The predicted molar refractivity (Wildman–Crippen MR) is 110 cm³/mol. The van der Waals surface area contributed by atoms with Crippen molar-refractivity contribution >= 4 is 29.5 Å². The fraction of sp³-hybridized carbons (Fsp3) is 0.450. The van der Waals surface area contributed by atoms with Gasteiger partial charge in [0.25, 0.3) is 5.91 Å². The van der Waals surface area contributed by atoms with Gasteiger partial charge in [0.1, 0.15) is 0 Å². The molecule has 0 bridgehead atoms. The van der Waals surface area contributed by atoms with Crippen molar-refractivity contribution in [2.24, 2.45) is 4.99 Å². The number of hydrogen-bond acceptors (Lipinski definition) is 7. The molecule has 30 heavy (non-hydrogen) atoms. The molecule has 160 valence electrons. The van der Waals surface area contributed by atoms with Crippen LogP contribution in [0.3, 0.4) is 0 Å². The van der Waals surface area contributed by atoms with Crippen LogP contribution in [0.2, 0.25) is 5.02 Å². The first-order valence-electron chi connectivity index (χ1n) is 9.75. The monoisotopic (exact) mass is 433 g/mol. The zero-order chi connectivity index (χ0) is 21.4. The SMILES string of the molecule is CC1=CN2C(=NC3C2C(=O)N(Cc2cccc(Cl)c2)C(=O)N3C)N1CCOCCO. The van der Waals surface area contributed by atoms with Crippen molar-refractivity contribution in [3.8, 4) is 0 Å². The molecule has 3 aliphatic rings. The van der Waals surface area contributed by atoms with E-state index < -0.39 is 12.2 Å². The summed E-state index contributed by atoms with van der Waals surface area (Å²) in [6.45, 7) is 3.28. The third-order valence-corrected chi connectivity index (χ3v) is 5.66. The number of benzene rings is 1. The van der Waals surface area contributed by atoms with Crippen LogP contribution in [-0.2, 0) is 16.1 Å². The van der Waals surface area contributed by atoms with Crippen LogP contribution in [0.4, 0.5) is 4.79 Å². The fourth-order valence-electron chi connectivity index (χ4n) is 3.96. The van der Waals surface area contributed by atoms with Crippen LogP contribution in [0.1, 0.15) is 12.5 Å².